The minimum absolute atomic E-state index is 0.118. The Balaban J connectivity index is 1.64. The van der Waals surface area contributed by atoms with Crippen molar-refractivity contribution in [3.8, 4) is 5.75 Å². The van der Waals surface area contributed by atoms with Crippen molar-refractivity contribution in [1.82, 2.24) is 9.88 Å². The van der Waals surface area contributed by atoms with Gasteiger partial charge in [-0.3, -0.25) is 14.5 Å². The highest BCUT2D eigenvalue weighted by Gasteiger charge is 2.49. The summed E-state index contributed by atoms with van der Waals surface area (Å²) in [5, 5.41) is 4.07. The monoisotopic (exact) mass is 435 g/mol. The smallest absolute Gasteiger partial charge is 0.275 e. The largest absolute Gasteiger partial charge is 0.497 e. The Bertz CT molecular complexity index is 1200. The van der Waals surface area contributed by atoms with Gasteiger partial charge in [-0.1, -0.05) is 12.8 Å². The molecule has 1 N–H and O–H groups in total. The third-order valence-electron chi connectivity index (χ3n) is 6.76. The first-order chi connectivity index (χ1) is 15.4. The molecule has 0 radical (unpaired) electrons. The predicted molar refractivity (Wildman–Crippen MR) is 121 cm³/mol. The summed E-state index contributed by atoms with van der Waals surface area (Å²) in [5.74, 6) is -0.194. The number of nitrogens with one attached hydrogen (secondary N) is 1. The van der Waals surface area contributed by atoms with Crippen LogP contribution in [0.2, 0.25) is 0 Å². The zero-order chi connectivity index (χ0) is 22.5. The third-order valence-corrected chi connectivity index (χ3v) is 6.76. The molecule has 0 spiro atoms. The minimum Gasteiger partial charge on any atom is -0.497 e. The van der Waals surface area contributed by atoms with Crippen molar-refractivity contribution in [2.24, 2.45) is 0 Å². The van der Waals surface area contributed by atoms with E-state index in [2.05, 4.69) is 5.32 Å². The van der Waals surface area contributed by atoms with Crippen molar-refractivity contribution < 1.29 is 18.7 Å². The molecule has 0 bridgehead atoms. The summed E-state index contributed by atoms with van der Waals surface area (Å²) in [7, 11) is 1.60. The highest BCUT2D eigenvalue weighted by molar-refractivity contribution is 6.14. The summed E-state index contributed by atoms with van der Waals surface area (Å²) in [6.07, 6.45) is 4.07. The van der Waals surface area contributed by atoms with Gasteiger partial charge in [0, 0.05) is 23.2 Å². The van der Waals surface area contributed by atoms with Crippen molar-refractivity contribution in [1.29, 1.82) is 0 Å². The molecule has 1 aromatic heterocycles. The van der Waals surface area contributed by atoms with E-state index in [9.17, 15) is 14.0 Å². The number of aromatic nitrogens is 1. The van der Waals surface area contributed by atoms with E-state index in [-0.39, 0.29) is 24.4 Å². The Morgan fingerprint density at radius 2 is 1.84 bits per heavy atom. The van der Waals surface area contributed by atoms with Crippen LogP contribution in [-0.2, 0) is 11.3 Å². The van der Waals surface area contributed by atoms with Crippen LogP contribution < -0.4 is 15.0 Å². The summed E-state index contributed by atoms with van der Waals surface area (Å²) < 4.78 is 20.9. The number of carbonyl (C=O) groups is 2. The van der Waals surface area contributed by atoms with Crippen molar-refractivity contribution in [3.63, 3.8) is 0 Å². The number of ether oxygens (including phenoxy) is 1. The Kier molecular flexibility index (Phi) is 4.92. The Morgan fingerprint density at radius 3 is 2.53 bits per heavy atom. The summed E-state index contributed by atoms with van der Waals surface area (Å²) in [4.78, 5) is 28.9. The molecule has 2 heterocycles. The van der Waals surface area contributed by atoms with Crippen molar-refractivity contribution >= 4 is 28.4 Å². The van der Waals surface area contributed by atoms with Gasteiger partial charge in [-0.25, -0.2) is 4.39 Å². The van der Waals surface area contributed by atoms with E-state index >= 15 is 0 Å². The minimum atomic E-state index is -1.18. The molecule has 166 valence electrons. The van der Waals surface area contributed by atoms with E-state index in [1.807, 2.05) is 28.8 Å². The van der Waals surface area contributed by atoms with Crippen LogP contribution in [0.1, 0.15) is 43.1 Å². The van der Waals surface area contributed by atoms with Crippen LogP contribution in [-0.4, -0.2) is 35.1 Å². The van der Waals surface area contributed by atoms with Crippen molar-refractivity contribution in [2.45, 2.75) is 50.7 Å². The molecule has 3 aromatic rings. The van der Waals surface area contributed by atoms with Crippen molar-refractivity contribution in [3.05, 3.63) is 60.0 Å². The van der Waals surface area contributed by atoms with E-state index in [0.29, 0.717) is 17.1 Å². The molecule has 6 nitrogen and oxygen atoms in total. The maximum Gasteiger partial charge on any atom is 0.275 e. The summed E-state index contributed by atoms with van der Waals surface area (Å²) in [6, 6.07) is 13.3. The molecule has 0 unspecified atom stereocenters. The van der Waals surface area contributed by atoms with Gasteiger partial charge in [-0.15, -0.1) is 0 Å². The fourth-order valence-electron chi connectivity index (χ4n) is 5.00. The second-order valence-corrected chi connectivity index (χ2v) is 8.89. The molecule has 2 amide bonds. The average Bonchev–Trinajstić information content (AvgIpc) is 3.42. The molecular weight excluding hydrogens is 409 g/mol. The highest BCUT2D eigenvalue weighted by Crippen LogP contribution is 2.37. The molecule has 1 atom stereocenters. The van der Waals surface area contributed by atoms with E-state index in [1.165, 1.54) is 17.0 Å². The summed E-state index contributed by atoms with van der Waals surface area (Å²) >= 11 is 0. The van der Waals surface area contributed by atoms with Crippen LogP contribution in [0.15, 0.2) is 48.5 Å². The van der Waals surface area contributed by atoms with Gasteiger partial charge in [0.15, 0.2) is 0 Å². The summed E-state index contributed by atoms with van der Waals surface area (Å²) in [6.45, 7) is 2.06. The topological polar surface area (TPSA) is 63.6 Å². The quantitative estimate of drug-likeness (QED) is 0.666. The molecule has 1 fully saturated rings. The molecule has 32 heavy (non-hydrogen) atoms. The number of methoxy groups -OCH3 is 1. The lowest BCUT2D eigenvalue weighted by atomic mass is 9.93. The molecule has 0 saturated heterocycles. The van der Waals surface area contributed by atoms with Gasteiger partial charge in [-0.2, -0.15) is 0 Å². The van der Waals surface area contributed by atoms with Crippen LogP contribution >= 0.6 is 0 Å². The lowest BCUT2D eigenvalue weighted by Gasteiger charge is -2.44. The van der Waals surface area contributed by atoms with Gasteiger partial charge in [0.25, 0.3) is 5.91 Å². The van der Waals surface area contributed by atoms with Gasteiger partial charge in [0.05, 0.1) is 19.2 Å². The second kappa shape index (κ2) is 7.65. The first kappa shape index (κ1) is 20.5. The maximum atomic E-state index is 13.8. The molecule has 1 aliphatic carbocycles. The highest BCUT2D eigenvalue weighted by atomic mass is 19.1. The maximum absolute atomic E-state index is 13.8. The number of hydrogen-bond donors (Lipinski definition) is 1. The van der Waals surface area contributed by atoms with Crippen LogP contribution in [0, 0.1) is 5.82 Å². The Morgan fingerprint density at radius 1 is 1.12 bits per heavy atom. The molecule has 1 aliphatic heterocycles. The Labute approximate surface area is 186 Å². The molecule has 2 aliphatic rings. The van der Waals surface area contributed by atoms with E-state index in [4.69, 9.17) is 4.74 Å². The number of hydrogen-bond acceptors (Lipinski definition) is 3. The fourth-order valence-corrected chi connectivity index (χ4v) is 5.00. The van der Waals surface area contributed by atoms with Crippen LogP contribution in [0.3, 0.4) is 0 Å². The molecule has 7 heteroatoms. The molecule has 5 rings (SSSR count). The standard InChI is InChI=1S/C25H26FN3O3/c1-25(24(31)27-18-5-3-4-6-18)15-28-21-14-20(32-2)12-7-16(21)13-22(28)23(30)29(25)19-10-8-17(26)9-11-19/h7-14,18H,3-6,15H2,1-2H3,(H,27,31)/t25-/m0/s1. The lowest BCUT2D eigenvalue weighted by molar-refractivity contribution is -0.127. The fraction of sp³-hybridized carbons (Fsp3) is 0.360. The van der Waals surface area contributed by atoms with Gasteiger partial charge in [0.1, 0.15) is 22.8 Å². The van der Waals surface area contributed by atoms with Crippen LogP contribution in [0.25, 0.3) is 10.9 Å². The number of rotatable bonds is 4. The number of nitrogens with zero attached hydrogens (tertiary/aromatic N) is 2. The van der Waals surface area contributed by atoms with E-state index < -0.39 is 11.4 Å². The SMILES string of the molecule is COc1ccc2cc3n(c2c1)C[C@@](C)(C(=O)NC1CCCC1)N(c1ccc(F)cc1)C3=O. The summed E-state index contributed by atoms with van der Waals surface area (Å²) in [5.41, 5.74) is 0.643. The van der Waals surface area contributed by atoms with E-state index in [0.717, 1.165) is 36.6 Å². The second-order valence-electron chi connectivity index (χ2n) is 8.89. The zero-order valence-corrected chi connectivity index (χ0v) is 18.2. The molecule has 2 aromatic carbocycles. The molecular formula is C25H26FN3O3. The number of fused-ring (bicyclic) bond motifs is 3. The van der Waals surface area contributed by atoms with Gasteiger partial charge in [-0.05, 0) is 62.2 Å². The molecule has 1 saturated carbocycles. The third kappa shape index (κ3) is 3.23. The number of halogens is 1. The number of anilines is 1. The zero-order valence-electron chi connectivity index (χ0n) is 18.2. The number of carbonyl (C=O) groups excluding carboxylic acids is 2. The normalized spacial score (nSPS) is 21.1. The van der Waals surface area contributed by atoms with E-state index in [1.54, 1.807) is 26.2 Å². The number of amides is 2. The Hall–Kier alpha value is -3.35. The van der Waals surface area contributed by atoms with Crippen molar-refractivity contribution in [2.75, 3.05) is 12.0 Å². The van der Waals surface area contributed by atoms with Gasteiger partial charge < -0.3 is 14.6 Å². The first-order valence-electron chi connectivity index (χ1n) is 11.0. The van der Waals surface area contributed by atoms with Crippen LogP contribution in [0.4, 0.5) is 10.1 Å². The number of benzene rings is 2. The predicted octanol–water partition coefficient (Wildman–Crippen LogP) is 4.27. The van der Waals surface area contributed by atoms with Gasteiger partial charge in [0.2, 0.25) is 5.91 Å². The van der Waals surface area contributed by atoms with Crippen LogP contribution in [0.5, 0.6) is 5.75 Å². The lowest BCUT2D eigenvalue weighted by Crippen LogP contribution is -2.65. The van der Waals surface area contributed by atoms with Gasteiger partial charge >= 0.3 is 0 Å². The average molecular weight is 435 g/mol. The first-order valence-corrected chi connectivity index (χ1v) is 11.0.